The summed E-state index contributed by atoms with van der Waals surface area (Å²) in [6, 6.07) is 8.31. The van der Waals surface area contributed by atoms with Crippen molar-refractivity contribution in [3.8, 4) is 0 Å². The second-order valence-electron chi connectivity index (χ2n) is 5.74. The number of aromatic amines is 1. The molecule has 1 aromatic heterocycles. The minimum Gasteiger partial charge on any atom is -0.305 e. The summed E-state index contributed by atoms with van der Waals surface area (Å²) in [6.45, 7) is 8.49. The first-order chi connectivity index (χ1) is 11.8. The molecule has 0 spiro atoms. The predicted molar refractivity (Wildman–Crippen MR) is 94.2 cm³/mol. The largest absolute Gasteiger partial charge is 0.329 e. The monoisotopic (exact) mass is 346 g/mol. The Labute approximate surface area is 144 Å². The van der Waals surface area contributed by atoms with Crippen LogP contribution in [0.4, 0.5) is 8.78 Å². The minimum absolute atomic E-state index is 0.0702. The molecule has 0 saturated carbocycles. The van der Waals surface area contributed by atoms with Gasteiger partial charge in [-0.05, 0) is 18.9 Å². The molecular weight excluding hydrogens is 326 g/mol. The van der Waals surface area contributed by atoms with Crippen molar-refractivity contribution in [2.24, 2.45) is 0 Å². The van der Waals surface area contributed by atoms with Crippen LogP contribution < -0.4 is 11.2 Å². The highest BCUT2D eigenvalue weighted by molar-refractivity contribution is 5.26. The molecular formula is C19H20F2N2O2. The lowest BCUT2D eigenvalue weighted by molar-refractivity contribution is -0.00703. The third kappa shape index (κ3) is 3.68. The number of H-pyrrole nitrogens is 1. The van der Waals surface area contributed by atoms with Gasteiger partial charge in [0.05, 0.1) is 11.7 Å². The molecule has 0 saturated heterocycles. The number of halogens is 2. The van der Waals surface area contributed by atoms with Crippen molar-refractivity contribution in [2.75, 3.05) is 0 Å². The number of alkyl halides is 2. The van der Waals surface area contributed by atoms with Gasteiger partial charge in [-0.1, -0.05) is 42.5 Å². The van der Waals surface area contributed by atoms with Crippen LogP contribution in [0.5, 0.6) is 0 Å². The zero-order valence-corrected chi connectivity index (χ0v) is 14.0. The van der Waals surface area contributed by atoms with Gasteiger partial charge in [0.15, 0.2) is 0 Å². The van der Waals surface area contributed by atoms with Gasteiger partial charge in [0.2, 0.25) is 0 Å². The lowest BCUT2D eigenvalue weighted by atomic mass is 10.0. The molecule has 0 radical (unpaired) electrons. The first-order valence-corrected chi connectivity index (χ1v) is 7.86. The van der Waals surface area contributed by atoms with Crippen molar-refractivity contribution >= 4 is 0 Å². The fraction of sp³-hybridized carbons (Fsp3) is 0.263. The summed E-state index contributed by atoms with van der Waals surface area (Å²) in [7, 11) is 0. The summed E-state index contributed by atoms with van der Waals surface area (Å²) in [5.41, 5.74) is -1.71. The van der Waals surface area contributed by atoms with Crippen LogP contribution in [0.1, 0.15) is 36.2 Å². The quantitative estimate of drug-likeness (QED) is 0.780. The Hall–Kier alpha value is -2.76. The van der Waals surface area contributed by atoms with Gasteiger partial charge in [0.25, 0.3) is 11.5 Å². The van der Waals surface area contributed by atoms with Crippen LogP contribution in [-0.2, 0) is 12.3 Å². The van der Waals surface area contributed by atoms with Gasteiger partial charge >= 0.3 is 5.69 Å². The molecule has 1 aromatic carbocycles. The molecule has 1 N–H and O–H groups in total. The maximum Gasteiger partial charge on any atom is 0.329 e. The number of nitrogens with one attached hydrogen (secondary N) is 1. The van der Waals surface area contributed by atoms with E-state index in [0.717, 1.165) is 16.2 Å². The van der Waals surface area contributed by atoms with E-state index >= 15 is 0 Å². The summed E-state index contributed by atoms with van der Waals surface area (Å²) in [6.07, 6.45) is 1.66. The maximum absolute atomic E-state index is 14.3. The Morgan fingerprint density at radius 1 is 1.20 bits per heavy atom. The minimum atomic E-state index is -3.38. The third-order valence-corrected chi connectivity index (χ3v) is 4.01. The van der Waals surface area contributed by atoms with Crippen LogP contribution >= 0.6 is 0 Å². The van der Waals surface area contributed by atoms with Gasteiger partial charge in [0.1, 0.15) is 0 Å². The molecule has 0 aliphatic heterocycles. The van der Waals surface area contributed by atoms with Crippen LogP contribution in [0.2, 0.25) is 0 Å². The zero-order chi connectivity index (χ0) is 18.6. The highest BCUT2D eigenvalue weighted by atomic mass is 19.3. The topological polar surface area (TPSA) is 54.9 Å². The van der Waals surface area contributed by atoms with Gasteiger partial charge in [-0.2, -0.15) is 8.78 Å². The number of hydrogen-bond donors (Lipinski definition) is 1. The first-order valence-electron chi connectivity index (χ1n) is 7.86. The molecule has 1 heterocycles. The molecule has 2 aromatic rings. The number of allylic oxidation sites excluding steroid dienone is 2. The second-order valence-corrected chi connectivity index (χ2v) is 5.74. The molecule has 0 unspecified atom stereocenters. The van der Waals surface area contributed by atoms with E-state index in [1.165, 1.54) is 6.08 Å². The smallest absolute Gasteiger partial charge is 0.305 e. The van der Waals surface area contributed by atoms with Crippen LogP contribution in [0.15, 0.2) is 65.2 Å². The number of aromatic nitrogens is 2. The molecule has 0 amide bonds. The van der Waals surface area contributed by atoms with Crippen molar-refractivity contribution in [2.45, 2.75) is 31.7 Å². The van der Waals surface area contributed by atoms with Gasteiger partial charge in [0, 0.05) is 12.0 Å². The van der Waals surface area contributed by atoms with Crippen LogP contribution in [-0.4, -0.2) is 9.55 Å². The Bertz CT molecular complexity index is 883. The molecule has 0 aliphatic rings. The maximum atomic E-state index is 14.3. The number of hydrogen-bond acceptors (Lipinski definition) is 2. The van der Waals surface area contributed by atoms with Crippen molar-refractivity contribution in [3.63, 3.8) is 0 Å². The fourth-order valence-corrected chi connectivity index (χ4v) is 2.75. The standard InChI is InChI=1S/C19H20F2N2O2/c1-4-9-15-16(19(20,21)12-5-2)22-18(25)23(17(15)24)13(3)14-10-7-6-8-11-14/h4-8,10-11,13H,1-2,9,12H2,3H3,(H,22,25)/t13-/m1/s1. The Morgan fingerprint density at radius 2 is 1.84 bits per heavy atom. The first kappa shape index (κ1) is 18.6. The summed E-state index contributed by atoms with van der Waals surface area (Å²) < 4.78 is 29.6. The van der Waals surface area contributed by atoms with Gasteiger partial charge in [-0.15, -0.1) is 13.2 Å². The molecule has 1 atom stereocenters. The fourth-order valence-electron chi connectivity index (χ4n) is 2.75. The molecule has 4 nitrogen and oxygen atoms in total. The van der Waals surface area contributed by atoms with Crippen LogP contribution in [0.3, 0.4) is 0 Å². The van der Waals surface area contributed by atoms with E-state index in [-0.39, 0.29) is 12.0 Å². The van der Waals surface area contributed by atoms with Gasteiger partial charge in [-0.3, -0.25) is 9.36 Å². The average molecular weight is 346 g/mol. The van der Waals surface area contributed by atoms with Crippen molar-refractivity contribution < 1.29 is 8.78 Å². The summed E-state index contributed by atoms with van der Waals surface area (Å²) in [4.78, 5) is 27.4. The number of rotatable bonds is 7. The molecule has 2 rings (SSSR count). The van der Waals surface area contributed by atoms with E-state index in [2.05, 4.69) is 18.1 Å². The average Bonchev–Trinajstić information content (AvgIpc) is 2.57. The van der Waals surface area contributed by atoms with Crippen molar-refractivity contribution in [1.29, 1.82) is 0 Å². The summed E-state index contributed by atoms with van der Waals surface area (Å²) in [5, 5.41) is 0. The molecule has 6 heteroatoms. The van der Waals surface area contributed by atoms with E-state index in [1.54, 1.807) is 31.2 Å². The predicted octanol–water partition coefficient (Wildman–Crippen LogP) is 3.54. The van der Waals surface area contributed by atoms with Crippen LogP contribution in [0.25, 0.3) is 0 Å². The zero-order valence-electron chi connectivity index (χ0n) is 14.0. The molecule has 0 fully saturated rings. The van der Waals surface area contributed by atoms with E-state index in [1.807, 2.05) is 6.07 Å². The molecule has 0 aliphatic carbocycles. The lowest BCUT2D eigenvalue weighted by Gasteiger charge is -2.21. The van der Waals surface area contributed by atoms with Crippen molar-refractivity contribution in [3.05, 3.63) is 93.3 Å². The molecule has 132 valence electrons. The summed E-state index contributed by atoms with van der Waals surface area (Å²) >= 11 is 0. The van der Waals surface area contributed by atoms with Gasteiger partial charge < -0.3 is 4.98 Å². The van der Waals surface area contributed by atoms with Crippen LogP contribution in [0, 0.1) is 0 Å². The normalized spacial score (nSPS) is 12.6. The van der Waals surface area contributed by atoms with E-state index in [9.17, 15) is 18.4 Å². The number of nitrogens with zero attached hydrogens (tertiary/aromatic N) is 1. The van der Waals surface area contributed by atoms with Crippen molar-refractivity contribution in [1.82, 2.24) is 9.55 Å². The lowest BCUT2D eigenvalue weighted by Crippen LogP contribution is -2.42. The Morgan fingerprint density at radius 3 is 2.40 bits per heavy atom. The Balaban J connectivity index is 2.71. The molecule has 0 bridgehead atoms. The van der Waals surface area contributed by atoms with E-state index in [0.29, 0.717) is 0 Å². The number of benzene rings is 1. The molecule has 25 heavy (non-hydrogen) atoms. The van der Waals surface area contributed by atoms with E-state index < -0.39 is 35.3 Å². The Kier molecular flexibility index (Phi) is 5.51. The van der Waals surface area contributed by atoms with Gasteiger partial charge in [-0.25, -0.2) is 4.79 Å². The summed E-state index contributed by atoms with van der Waals surface area (Å²) in [5.74, 6) is -3.38. The SMILES string of the molecule is C=CCc1c(C(F)(F)CC=C)[nH]c(=O)n([C@H](C)c2ccccc2)c1=O. The van der Waals surface area contributed by atoms with E-state index in [4.69, 9.17) is 0 Å². The highest BCUT2D eigenvalue weighted by Gasteiger charge is 2.35. The third-order valence-electron chi connectivity index (χ3n) is 4.01. The second kappa shape index (κ2) is 7.42. The highest BCUT2D eigenvalue weighted by Crippen LogP contribution is 2.31.